The van der Waals surface area contributed by atoms with Crippen LogP contribution in [0.25, 0.3) is 0 Å². The Morgan fingerprint density at radius 3 is 2.68 bits per heavy atom. The molecule has 1 aliphatic rings. The van der Waals surface area contributed by atoms with Crippen molar-refractivity contribution in [1.29, 1.82) is 0 Å². The minimum atomic E-state index is 0.103. The van der Waals surface area contributed by atoms with Crippen LogP contribution in [0.2, 0.25) is 0 Å². The molecule has 2 rings (SSSR count). The molecular formula is C16H26N2O. The van der Waals surface area contributed by atoms with Gasteiger partial charge in [0.25, 0.3) is 0 Å². The Morgan fingerprint density at radius 2 is 2.00 bits per heavy atom. The highest BCUT2D eigenvalue weighted by molar-refractivity contribution is 5.19. The second-order valence-electron chi connectivity index (χ2n) is 5.86. The van der Waals surface area contributed by atoms with Crippen molar-refractivity contribution >= 4 is 0 Å². The molecule has 1 aliphatic heterocycles. The molecule has 0 saturated carbocycles. The first kappa shape index (κ1) is 14.5. The van der Waals surface area contributed by atoms with Crippen molar-refractivity contribution in [3.8, 4) is 0 Å². The van der Waals surface area contributed by atoms with Crippen molar-refractivity contribution in [3.05, 3.63) is 35.9 Å². The van der Waals surface area contributed by atoms with E-state index in [1.807, 2.05) is 6.07 Å². The van der Waals surface area contributed by atoms with E-state index >= 15 is 0 Å². The van der Waals surface area contributed by atoms with E-state index in [2.05, 4.69) is 49.9 Å². The van der Waals surface area contributed by atoms with Crippen molar-refractivity contribution in [2.24, 2.45) is 11.7 Å². The minimum Gasteiger partial charge on any atom is -0.376 e. The van der Waals surface area contributed by atoms with E-state index in [0.29, 0.717) is 18.1 Å². The van der Waals surface area contributed by atoms with Gasteiger partial charge >= 0.3 is 0 Å². The van der Waals surface area contributed by atoms with E-state index in [-0.39, 0.29) is 6.04 Å². The Balaban J connectivity index is 1.94. The van der Waals surface area contributed by atoms with Crippen molar-refractivity contribution in [3.63, 3.8) is 0 Å². The molecule has 4 atom stereocenters. The van der Waals surface area contributed by atoms with Gasteiger partial charge in [0.1, 0.15) is 0 Å². The molecule has 1 heterocycles. The average Bonchev–Trinajstić information content (AvgIpc) is 2.43. The summed E-state index contributed by atoms with van der Waals surface area (Å²) in [6.45, 7) is 9.48. The molecule has 0 radical (unpaired) electrons. The third-order valence-electron chi connectivity index (χ3n) is 4.06. The lowest BCUT2D eigenvalue weighted by Gasteiger charge is -2.39. The summed E-state index contributed by atoms with van der Waals surface area (Å²) < 4.78 is 5.67. The number of morpholine rings is 1. The summed E-state index contributed by atoms with van der Waals surface area (Å²) in [6.07, 6.45) is 0.330. The van der Waals surface area contributed by atoms with E-state index in [1.165, 1.54) is 5.56 Å². The third-order valence-corrected chi connectivity index (χ3v) is 4.06. The molecule has 0 bridgehead atoms. The van der Waals surface area contributed by atoms with Crippen molar-refractivity contribution in [1.82, 2.24) is 4.90 Å². The van der Waals surface area contributed by atoms with Gasteiger partial charge in [-0.15, -0.1) is 0 Å². The Hall–Kier alpha value is -0.900. The quantitative estimate of drug-likeness (QED) is 0.905. The van der Waals surface area contributed by atoms with Crippen molar-refractivity contribution < 1.29 is 4.74 Å². The Labute approximate surface area is 116 Å². The van der Waals surface area contributed by atoms with Crippen LogP contribution in [0.4, 0.5) is 0 Å². The molecule has 2 N–H and O–H groups in total. The highest BCUT2D eigenvalue weighted by Crippen LogP contribution is 2.22. The van der Waals surface area contributed by atoms with E-state index in [0.717, 1.165) is 19.7 Å². The summed E-state index contributed by atoms with van der Waals surface area (Å²) in [5.74, 6) is 0.440. The van der Waals surface area contributed by atoms with E-state index < -0.39 is 0 Å². The van der Waals surface area contributed by atoms with Crippen LogP contribution in [0.5, 0.6) is 0 Å². The molecule has 1 aromatic rings. The van der Waals surface area contributed by atoms with E-state index in [1.54, 1.807) is 0 Å². The van der Waals surface area contributed by atoms with E-state index in [4.69, 9.17) is 10.5 Å². The number of hydrogen-bond donors (Lipinski definition) is 1. The summed E-state index contributed by atoms with van der Waals surface area (Å²) in [7, 11) is 0. The van der Waals surface area contributed by atoms with Gasteiger partial charge in [-0.1, -0.05) is 37.3 Å². The van der Waals surface area contributed by atoms with Crippen LogP contribution in [-0.4, -0.2) is 36.7 Å². The molecule has 4 unspecified atom stereocenters. The third kappa shape index (κ3) is 3.78. The zero-order chi connectivity index (χ0) is 13.8. The fourth-order valence-electron chi connectivity index (χ4n) is 2.71. The van der Waals surface area contributed by atoms with Crippen LogP contribution < -0.4 is 5.73 Å². The number of rotatable bonds is 4. The van der Waals surface area contributed by atoms with Crippen LogP contribution in [-0.2, 0) is 4.74 Å². The van der Waals surface area contributed by atoms with Crippen LogP contribution >= 0.6 is 0 Å². The van der Waals surface area contributed by atoms with Gasteiger partial charge in [0.15, 0.2) is 0 Å². The van der Waals surface area contributed by atoms with Gasteiger partial charge in [0.05, 0.1) is 12.7 Å². The lowest BCUT2D eigenvalue weighted by atomic mass is 9.94. The predicted molar refractivity (Wildman–Crippen MR) is 79.0 cm³/mol. The zero-order valence-electron chi connectivity index (χ0n) is 12.3. The molecule has 0 amide bonds. The molecule has 3 heteroatoms. The number of benzene rings is 1. The van der Waals surface area contributed by atoms with Gasteiger partial charge in [0, 0.05) is 25.2 Å². The highest BCUT2D eigenvalue weighted by Gasteiger charge is 2.26. The number of ether oxygens (including phenoxy) is 1. The van der Waals surface area contributed by atoms with Crippen molar-refractivity contribution in [2.75, 3.05) is 19.7 Å². The molecule has 1 saturated heterocycles. The summed E-state index contributed by atoms with van der Waals surface area (Å²) in [4.78, 5) is 2.50. The minimum absolute atomic E-state index is 0.103. The Bertz CT molecular complexity index is 382. The fourth-order valence-corrected chi connectivity index (χ4v) is 2.71. The van der Waals surface area contributed by atoms with E-state index in [9.17, 15) is 0 Å². The van der Waals surface area contributed by atoms with Gasteiger partial charge in [0.2, 0.25) is 0 Å². The second kappa shape index (κ2) is 6.51. The van der Waals surface area contributed by atoms with Crippen LogP contribution in [0.1, 0.15) is 32.4 Å². The summed E-state index contributed by atoms with van der Waals surface area (Å²) in [5, 5.41) is 0. The maximum absolute atomic E-state index is 6.38. The molecule has 1 fully saturated rings. The molecule has 106 valence electrons. The first-order valence-corrected chi connectivity index (χ1v) is 7.24. The normalized spacial score (nSPS) is 28.0. The lowest BCUT2D eigenvalue weighted by molar-refractivity contribution is -0.0544. The van der Waals surface area contributed by atoms with Gasteiger partial charge in [-0.05, 0) is 25.3 Å². The lowest BCUT2D eigenvalue weighted by Crippen LogP contribution is -2.49. The first-order valence-electron chi connectivity index (χ1n) is 7.24. The molecular weight excluding hydrogens is 236 g/mol. The molecule has 1 aromatic carbocycles. The summed E-state index contributed by atoms with van der Waals surface area (Å²) in [6, 6.07) is 11.0. The Morgan fingerprint density at radius 1 is 1.32 bits per heavy atom. The molecule has 0 spiro atoms. The molecule has 3 nitrogen and oxygen atoms in total. The topological polar surface area (TPSA) is 38.5 Å². The standard InChI is InChI=1S/C16H26N2O/c1-12(16(17)15-7-5-4-6-8-15)9-18-10-14(3)19-11-13(18)2/h4-8,12-14,16H,9-11,17H2,1-3H3. The molecule has 19 heavy (non-hydrogen) atoms. The molecule has 0 aliphatic carbocycles. The number of nitrogens with two attached hydrogens (primary N) is 1. The summed E-state index contributed by atoms with van der Waals surface area (Å²) in [5.41, 5.74) is 7.60. The second-order valence-corrected chi connectivity index (χ2v) is 5.86. The number of nitrogens with zero attached hydrogens (tertiary/aromatic N) is 1. The monoisotopic (exact) mass is 262 g/mol. The zero-order valence-corrected chi connectivity index (χ0v) is 12.3. The van der Waals surface area contributed by atoms with Crippen LogP contribution in [0.15, 0.2) is 30.3 Å². The Kier molecular flexibility index (Phi) is 4.97. The van der Waals surface area contributed by atoms with Gasteiger partial charge in [-0.2, -0.15) is 0 Å². The predicted octanol–water partition coefficient (Wildman–Crippen LogP) is 2.43. The average molecular weight is 262 g/mol. The molecule has 0 aromatic heterocycles. The maximum atomic E-state index is 6.38. The number of hydrogen-bond acceptors (Lipinski definition) is 3. The highest BCUT2D eigenvalue weighted by atomic mass is 16.5. The fraction of sp³-hybridized carbons (Fsp3) is 0.625. The summed E-state index contributed by atoms with van der Waals surface area (Å²) >= 11 is 0. The van der Waals surface area contributed by atoms with Gasteiger partial charge in [-0.3, -0.25) is 4.90 Å². The smallest absolute Gasteiger partial charge is 0.0674 e. The van der Waals surface area contributed by atoms with Crippen molar-refractivity contribution in [2.45, 2.75) is 39.0 Å². The van der Waals surface area contributed by atoms with Gasteiger partial charge in [-0.25, -0.2) is 0 Å². The van der Waals surface area contributed by atoms with Crippen LogP contribution in [0.3, 0.4) is 0 Å². The largest absolute Gasteiger partial charge is 0.376 e. The maximum Gasteiger partial charge on any atom is 0.0674 e. The van der Waals surface area contributed by atoms with Crippen LogP contribution in [0, 0.1) is 5.92 Å². The van der Waals surface area contributed by atoms with Gasteiger partial charge < -0.3 is 10.5 Å². The SMILES string of the molecule is CC1CN(CC(C)C(N)c2ccccc2)C(C)CO1. The first-order chi connectivity index (χ1) is 9.08.